The van der Waals surface area contributed by atoms with E-state index in [0.29, 0.717) is 47.9 Å². The third kappa shape index (κ3) is 8.63. The van der Waals surface area contributed by atoms with Gasteiger partial charge in [-0.3, -0.25) is 29.1 Å². The zero-order valence-electron chi connectivity index (χ0n) is 33.5. The van der Waals surface area contributed by atoms with E-state index in [9.17, 15) is 29.1 Å². The minimum Gasteiger partial charge on any atom is -0.465 e. The Hall–Kier alpha value is -6.65. The van der Waals surface area contributed by atoms with Crippen LogP contribution in [0.1, 0.15) is 83.0 Å². The number of nitrogens with one attached hydrogen (secondary N) is 3. The van der Waals surface area contributed by atoms with Crippen LogP contribution in [0.3, 0.4) is 0 Å². The second kappa shape index (κ2) is 17.1. The van der Waals surface area contributed by atoms with E-state index in [0.717, 1.165) is 52.2 Å². The number of hydrogen-bond acceptors (Lipinski definition) is 9. The molecule has 2 aliphatic rings. The van der Waals surface area contributed by atoms with Gasteiger partial charge in [0.15, 0.2) is 0 Å². The van der Waals surface area contributed by atoms with E-state index in [4.69, 9.17) is 15.7 Å². The summed E-state index contributed by atoms with van der Waals surface area (Å²) in [5, 5.41) is 12.3. The third-order valence-corrected chi connectivity index (χ3v) is 11.2. The van der Waals surface area contributed by atoms with Crippen molar-refractivity contribution in [2.24, 2.45) is 11.7 Å². The molecule has 59 heavy (non-hydrogen) atoms. The number of primary amides is 1. The van der Waals surface area contributed by atoms with Crippen molar-refractivity contribution < 1.29 is 29.1 Å². The molecule has 2 aromatic carbocycles. The Balaban J connectivity index is 1.03. The summed E-state index contributed by atoms with van der Waals surface area (Å²) in [6, 6.07) is 11.5. The molecule has 17 heteroatoms. The van der Waals surface area contributed by atoms with Crippen molar-refractivity contribution >= 4 is 40.8 Å². The summed E-state index contributed by atoms with van der Waals surface area (Å²) in [5.41, 5.74) is 11.6. The maximum absolute atomic E-state index is 13.6. The Morgan fingerprint density at radius 3 is 1.98 bits per heavy atom. The summed E-state index contributed by atoms with van der Waals surface area (Å²) < 4.78 is 0. The van der Waals surface area contributed by atoms with Crippen LogP contribution < -0.4 is 11.1 Å². The molecule has 0 spiro atoms. The molecule has 2 aliphatic heterocycles. The van der Waals surface area contributed by atoms with Crippen molar-refractivity contribution in [1.82, 2.24) is 49.9 Å². The summed E-state index contributed by atoms with van der Waals surface area (Å²) in [5.74, 6) is -0.262. The molecular weight excluding hydrogens is 755 g/mol. The normalized spacial score (nSPS) is 17.6. The van der Waals surface area contributed by atoms with Gasteiger partial charge in [-0.2, -0.15) is 0 Å². The highest BCUT2D eigenvalue weighted by Crippen LogP contribution is 2.35. The molecule has 17 nitrogen and oxygen atoms in total. The van der Waals surface area contributed by atoms with E-state index in [1.165, 1.54) is 14.0 Å². The van der Waals surface area contributed by atoms with Gasteiger partial charge in [-0.05, 0) is 55.7 Å². The molecule has 308 valence electrons. The van der Waals surface area contributed by atoms with Crippen LogP contribution in [0.4, 0.5) is 4.79 Å². The number of hydrogen-bond donors (Lipinski definition) is 5. The predicted molar refractivity (Wildman–Crippen MR) is 218 cm³/mol. The highest BCUT2D eigenvalue weighted by Gasteiger charge is 2.40. The monoisotopic (exact) mass is 803 g/mol. The van der Waals surface area contributed by atoms with Crippen molar-refractivity contribution in [3.63, 3.8) is 0 Å². The van der Waals surface area contributed by atoms with Crippen molar-refractivity contribution in [3.05, 3.63) is 72.7 Å². The Kier molecular flexibility index (Phi) is 11.7. The van der Waals surface area contributed by atoms with Crippen molar-refractivity contribution in [3.8, 4) is 33.8 Å². The van der Waals surface area contributed by atoms with E-state index >= 15 is 0 Å². The van der Waals surface area contributed by atoms with Crippen LogP contribution in [0.5, 0.6) is 0 Å². The number of fused-ring (bicyclic) bond motifs is 1. The molecule has 0 radical (unpaired) electrons. The standard InChI is InChI=1S/C42H49N11O6/c1-23(2)37(51(4)42(58)59)41(57)53-18-6-8-35(53)39-45-21-32(49-39)26-11-9-25(10-12-26)31-20-44-30-19-27(13-14-28(30)48-31)33-22-46-38(50-33)34-7-5-17-52(34)40(56)29(47-24(3)54)15-16-36(43)55/h9-14,19-23,29,34-35,37H,5-8,15-18H2,1-4H3,(H2,43,55)(H,45,49)(H,46,50)(H,47,54)(H,58,59)/t29-,34-,35-,37-/m0/s1. The number of aromatic amines is 2. The molecule has 7 rings (SSSR count). The Bertz CT molecular complexity index is 2370. The van der Waals surface area contributed by atoms with Crippen molar-refractivity contribution in [2.75, 3.05) is 20.1 Å². The average Bonchev–Trinajstić information content (AvgIpc) is 4.05. The minimum absolute atomic E-state index is 0.0178. The van der Waals surface area contributed by atoms with Gasteiger partial charge in [-0.1, -0.05) is 44.2 Å². The first-order valence-electron chi connectivity index (χ1n) is 19.9. The first-order chi connectivity index (χ1) is 28.3. The molecule has 0 bridgehead atoms. The Morgan fingerprint density at radius 2 is 1.41 bits per heavy atom. The molecule has 2 saturated heterocycles. The number of imidazole rings is 2. The number of carbonyl (C=O) groups is 5. The van der Waals surface area contributed by atoms with Crippen LogP contribution in [0, 0.1) is 5.92 Å². The highest BCUT2D eigenvalue weighted by molar-refractivity contribution is 5.88. The molecule has 0 unspecified atom stereocenters. The molecule has 5 aromatic rings. The van der Waals surface area contributed by atoms with Crippen LogP contribution in [0.2, 0.25) is 0 Å². The zero-order valence-corrected chi connectivity index (χ0v) is 33.5. The number of benzene rings is 2. The lowest BCUT2D eigenvalue weighted by Crippen LogP contribution is -2.51. The lowest BCUT2D eigenvalue weighted by atomic mass is 10.0. The number of likely N-dealkylation sites (tertiary alicyclic amines) is 2. The van der Waals surface area contributed by atoms with E-state index < -0.39 is 24.1 Å². The van der Waals surface area contributed by atoms with E-state index in [1.807, 2.05) is 56.3 Å². The number of likely N-dealkylation sites (N-methyl/N-ethyl adjacent to an activating group) is 1. The number of carbonyl (C=O) groups excluding carboxylic acids is 4. The van der Waals surface area contributed by atoms with Gasteiger partial charge >= 0.3 is 6.09 Å². The smallest absolute Gasteiger partial charge is 0.407 e. The topological polar surface area (TPSA) is 236 Å². The maximum atomic E-state index is 13.6. The summed E-state index contributed by atoms with van der Waals surface area (Å²) >= 11 is 0. The van der Waals surface area contributed by atoms with Crippen LogP contribution in [0.25, 0.3) is 44.8 Å². The predicted octanol–water partition coefficient (Wildman–Crippen LogP) is 4.81. The largest absolute Gasteiger partial charge is 0.465 e. The molecule has 5 heterocycles. The van der Waals surface area contributed by atoms with Gasteiger partial charge in [-0.25, -0.2) is 19.7 Å². The Labute approximate surface area is 340 Å². The summed E-state index contributed by atoms with van der Waals surface area (Å²) in [6.07, 6.45) is 7.20. The number of rotatable bonds is 13. The van der Waals surface area contributed by atoms with Gasteiger partial charge < -0.3 is 35.9 Å². The second-order valence-electron chi connectivity index (χ2n) is 15.6. The van der Waals surface area contributed by atoms with Gasteiger partial charge in [0.05, 0.1) is 58.8 Å². The molecule has 6 N–H and O–H groups in total. The molecule has 0 saturated carbocycles. The number of amides is 5. The lowest BCUT2D eigenvalue weighted by molar-refractivity contribution is -0.138. The van der Waals surface area contributed by atoms with Gasteiger partial charge in [0.2, 0.25) is 23.6 Å². The molecular formula is C42H49N11O6. The Morgan fingerprint density at radius 1 is 0.831 bits per heavy atom. The fourth-order valence-electron chi connectivity index (χ4n) is 8.25. The number of H-pyrrole nitrogens is 2. The van der Waals surface area contributed by atoms with Crippen LogP contribution in [0.15, 0.2) is 61.1 Å². The maximum Gasteiger partial charge on any atom is 0.407 e. The second-order valence-corrected chi connectivity index (χ2v) is 15.6. The van der Waals surface area contributed by atoms with Crippen LogP contribution in [-0.2, 0) is 19.2 Å². The van der Waals surface area contributed by atoms with Crippen LogP contribution >= 0.6 is 0 Å². The molecule has 2 fully saturated rings. The van der Waals surface area contributed by atoms with Gasteiger partial charge in [0, 0.05) is 44.6 Å². The SMILES string of the molecule is CC(=O)N[C@@H](CCC(N)=O)C(=O)N1CCC[C@H]1c1ncc(-c2ccc3nc(-c4ccc(-c5cnc([C@@H]6CCCN6C(=O)[C@H](C(C)C)N(C)C(=O)O)[nH]5)cc4)cnc3c2)[nH]1. The number of nitrogens with two attached hydrogens (primary N) is 1. The molecule has 5 amide bonds. The number of nitrogens with zero attached hydrogens (tertiary/aromatic N) is 7. The van der Waals surface area contributed by atoms with E-state index in [1.54, 1.807) is 28.4 Å². The molecule has 3 aromatic heterocycles. The van der Waals surface area contributed by atoms with Crippen molar-refractivity contribution in [1.29, 1.82) is 0 Å². The third-order valence-electron chi connectivity index (χ3n) is 11.2. The summed E-state index contributed by atoms with van der Waals surface area (Å²) in [7, 11) is 1.44. The van der Waals surface area contributed by atoms with Crippen LogP contribution in [-0.4, -0.2) is 112 Å². The number of carboxylic acid groups (broad SMARTS) is 1. The fraction of sp³-hybridized carbons (Fsp3) is 0.405. The van der Waals surface area contributed by atoms with E-state index in [2.05, 4.69) is 25.3 Å². The van der Waals surface area contributed by atoms with Crippen molar-refractivity contribution in [2.45, 2.75) is 83.5 Å². The first-order valence-corrected chi connectivity index (χ1v) is 19.9. The molecule has 0 aliphatic carbocycles. The summed E-state index contributed by atoms with van der Waals surface area (Å²) in [6.45, 7) is 6.08. The lowest BCUT2D eigenvalue weighted by Gasteiger charge is -2.33. The minimum atomic E-state index is -1.14. The van der Waals surface area contributed by atoms with E-state index in [-0.39, 0.29) is 48.6 Å². The first kappa shape index (κ1) is 40.5. The van der Waals surface area contributed by atoms with Gasteiger partial charge in [0.25, 0.3) is 0 Å². The molecule has 4 atom stereocenters. The fourth-order valence-corrected chi connectivity index (χ4v) is 8.25. The average molecular weight is 804 g/mol. The number of aromatic nitrogens is 6. The van der Waals surface area contributed by atoms with Gasteiger partial charge in [-0.15, -0.1) is 0 Å². The highest BCUT2D eigenvalue weighted by atomic mass is 16.4. The summed E-state index contributed by atoms with van der Waals surface area (Å²) in [4.78, 5) is 92.3. The quantitative estimate of drug-likeness (QED) is 0.109. The zero-order chi connectivity index (χ0) is 42.0. The van der Waals surface area contributed by atoms with Gasteiger partial charge in [0.1, 0.15) is 23.7 Å².